The molecule has 2 aromatic rings. The highest BCUT2D eigenvalue weighted by atomic mass is 19.4. The van der Waals surface area contributed by atoms with Gasteiger partial charge in [0.2, 0.25) is 11.8 Å². The van der Waals surface area contributed by atoms with Gasteiger partial charge in [-0.05, 0) is 43.5 Å². The van der Waals surface area contributed by atoms with Gasteiger partial charge in [-0.1, -0.05) is 0 Å². The van der Waals surface area contributed by atoms with E-state index in [1.807, 2.05) is 0 Å². The van der Waals surface area contributed by atoms with Gasteiger partial charge in [-0.25, -0.2) is 4.39 Å². The number of alkyl halides is 3. The van der Waals surface area contributed by atoms with Crippen LogP contribution in [0.4, 0.5) is 17.6 Å². The number of amides is 1. The molecule has 1 saturated heterocycles. The minimum Gasteiger partial charge on any atom is -0.484 e. The molecule has 1 amide bonds. The molecule has 1 saturated carbocycles. The van der Waals surface area contributed by atoms with Crippen molar-refractivity contribution in [3.05, 3.63) is 41.9 Å². The van der Waals surface area contributed by atoms with Crippen LogP contribution in [0.15, 0.2) is 28.7 Å². The van der Waals surface area contributed by atoms with Crippen LogP contribution in [0.5, 0.6) is 5.75 Å². The fraction of sp³-hybridized carbons (Fsp3) is 0.571. The fourth-order valence-corrected chi connectivity index (χ4v) is 3.89. The molecule has 0 spiro atoms. The average Bonchev–Trinajstić information content (AvgIpc) is 3.26. The quantitative estimate of drug-likeness (QED) is 0.564. The summed E-state index contributed by atoms with van der Waals surface area (Å²) >= 11 is 0. The normalized spacial score (nSPS) is 24.3. The second-order valence-electron chi connectivity index (χ2n) is 8.09. The number of rotatable bonds is 8. The van der Waals surface area contributed by atoms with Crippen molar-refractivity contribution >= 4 is 5.91 Å². The highest BCUT2D eigenvalue weighted by Gasteiger charge is 2.53. The number of halogens is 4. The Morgan fingerprint density at radius 2 is 1.97 bits per heavy atom. The Kier molecular flexibility index (Phi) is 7.05. The second-order valence-corrected chi connectivity index (χ2v) is 8.09. The smallest absolute Gasteiger partial charge is 0.484 e. The van der Waals surface area contributed by atoms with Crippen LogP contribution in [0.2, 0.25) is 0 Å². The van der Waals surface area contributed by atoms with Gasteiger partial charge in [0.05, 0.1) is 18.8 Å². The van der Waals surface area contributed by atoms with Gasteiger partial charge in [-0.15, -0.1) is 23.4 Å². The van der Waals surface area contributed by atoms with Crippen LogP contribution in [-0.2, 0) is 24.6 Å². The van der Waals surface area contributed by atoms with Crippen molar-refractivity contribution in [1.82, 2.24) is 15.5 Å². The van der Waals surface area contributed by atoms with Gasteiger partial charge >= 0.3 is 6.36 Å². The first-order valence-corrected chi connectivity index (χ1v) is 10.6. The largest absolute Gasteiger partial charge is 0.523 e. The van der Waals surface area contributed by atoms with E-state index in [0.29, 0.717) is 12.2 Å². The SMILES string of the molecule is COC1C[C@@H](c2nnc(C3(OC(F)(F)F)CCC3)o2)OC[C@@H]1NC(=O)COc1ccc(F)cc1. The Labute approximate surface area is 191 Å². The van der Waals surface area contributed by atoms with Crippen molar-refractivity contribution in [2.45, 2.75) is 55.9 Å². The average molecular weight is 489 g/mol. The van der Waals surface area contributed by atoms with Crippen molar-refractivity contribution in [1.29, 1.82) is 0 Å². The zero-order valence-corrected chi connectivity index (χ0v) is 18.1. The lowest BCUT2D eigenvalue weighted by Crippen LogP contribution is -2.51. The van der Waals surface area contributed by atoms with E-state index in [0.717, 1.165) is 0 Å². The molecule has 1 aliphatic heterocycles. The first-order valence-electron chi connectivity index (χ1n) is 10.6. The van der Waals surface area contributed by atoms with E-state index < -0.39 is 41.9 Å². The first-order chi connectivity index (χ1) is 16.2. The van der Waals surface area contributed by atoms with Gasteiger partial charge < -0.3 is 23.9 Å². The summed E-state index contributed by atoms with van der Waals surface area (Å²) in [5, 5.41) is 10.4. The van der Waals surface area contributed by atoms with Gasteiger partial charge in [-0.2, -0.15) is 0 Å². The number of nitrogens with zero attached hydrogens (tertiary/aromatic N) is 2. The Balaban J connectivity index is 1.33. The highest BCUT2D eigenvalue weighted by molar-refractivity contribution is 5.78. The summed E-state index contributed by atoms with van der Waals surface area (Å²) in [6, 6.07) is 4.73. The Morgan fingerprint density at radius 3 is 2.59 bits per heavy atom. The molecule has 0 bridgehead atoms. The van der Waals surface area contributed by atoms with Gasteiger partial charge in [0.15, 0.2) is 12.2 Å². The summed E-state index contributed by atoms with van der Waals surface area (Å²) in [6.07, 6.45) is -5.04. The Hall–Kier alpha value is -2.77. The van der Waals surface area contributed by atoms with E-state index in [9.17, 15) is 22.4 Å². The number of ether oxygens (including phenoxy) is 4. The summed E-state index contributed by atoms with van der Waals surface area (Å²) in [5.41, 5.74) is -1.67. The molecule has 1 aromatic carbocycles. The highest BCUT2D eigenvalue weighted by Crippen LogP contribution is 2.48. The zero-order chi connectivity index (χ0) is 24.3. The molecule has 2 aliphatic rings. The van der Waals surface area contributed by atoms with Gasteiger partial charge in [0.1, 0.15) is 17.7 Å². The zero-order valence-electron chi connectivity index (χ0n) is 18.1. The van der Waals surface area contributed by atoms with E-state index in [4.69, 9.17) is 18.6 Å². The monoisotopic (exact) mass is 489 g/mol. The summed E-state index contributed by atoms with van der Waals surface area (Å²) < 4.78 is 77.7. The minimum absolute atomic E-state index is 0.0125. The summed E-state index contributed by atoms with van der Waals surface area (Å²) in [4.78, 5) is 12.3. The molecule has 34 heavy (non-hydrogen) atoms. The lowest BCUT2D eigenvalue weighted by Gasteiger charge is -2.38. The van der Waals surface area contributed by atoms with Crippen molar-refractivity contribution in [3.8, 4) is 5.75 Å². The van der Waals surface area contributed by atoms with Crippen LogP contribution >= 0.6 is 0 Å². The van der Waals surface area contributed by atoms with Gasteiger partial charge in [-0.3, -0.25) is 9.53 Å². The molecule has 186 valence electrons. The lowest BCUT2D eigenvalue weighted by molar-refractivity contribution is -0.387. The van der Waals surface area contributed by atoms with Crippen LogP contribution < -0.4 is 10.1 Å². The molecule has 1 N–H and O–H groups in total. The Morgan fingerprint density at radius 1 is 1.24 bits per heavy atom. The summed E-state index contributed by atoms with van der Waals surface area (Å²) in [5.74, 6) is -0.742. The third-order valence-electron chi connectivity index (χ3n) is 5.78. The molecule has 0 radical (unpaired) electrons. The van der Waals surface area contributed by atoms with E-state index in [-0.39, 0.29) is 44.3 Å². The molecule has 9 nitrogen and oxygen atoms in total. The number of nitrogens with one attached hydrogen (secondary N) is 1. The number of carbonyl (C=O) groups is 1. The molecule has 3 atom stereocenters. The molecule has 1 aliphatic carbocycles. The molecule has 1 aromatic heterocycles. The number of hydrogen-bond donors (Lipinski definition) is 1. The number of benzene rings is 1. The van der Waals surface area contributed by atoms with Crippen LogP contribution in [0.25, 0.3) is 0 Å². The molecular formula is C21H23F4N3O6. The van der Waals surface area contributed by atoms with Crippen molar-refractivity contribution < 1.29 is 45.7 Å². The van der Waals surface area contributed by atoms with E-state index in [2.05, 4.69) is 20.3 Å². The minimum atomic E-state index is -4.83. The predicted octanol–water partition coefficient (Wildman–Crippen LogP) is 3.16. The number of aromatic nitrogens is 2. The lowest BCUT2D eigenvalue weighted by atomic mass is 9.80. The van der Waals surface area contributed by atoms with E-state index in [1.54, 1.807) is 0 Å². The van der Waals surface area contributed by atoms with Crippen molar-refractivity contribution in [3.63, 3.8) is 0 Å². The maximum atomic E-state index is 12.9. The van der Waals surface area contributed by atoms with Gasteiger partial charge in [0.25, 0.3) is 5.91 Å². The van der Waals surface area contributed by atoms with E-state index in [1.165, 1.54) is 31.4 Å². The molecule has 1 unspecified atom stereocenters. The third-order valence-corrected chi connectivity index (χ3v) is 5.78. The van der Waals surface area contributed by atoms with Gasteiger partial charge in [0, 0.05) is 13.5 Å². The second kappa shape index (κ2) is 9.84. The maximum absolute atomic E-state index is 12.9. The molecule has 2 fully saturated rings. The number of carbonyl (C=O) groups excluding carboxylic acids is 1. The molecule has 2 heterocycles. The van der Waals surface area contributed by atoms with Crippen LogP contribution in [0.3, 0.4) is 0 Å². The van der Waals surface area contributed by atoms with Crippen LogP contribution in [0.1, 0.15) is 43.6 Å². The fourth-order valence-electron chi connectivity index (χ4n) is 3.89. The molecule has 13 heteroatoms. The first kappa shape index (κ1) is 24.4. The van der Waals surface area contributed by atoms with Crippen molar-refractivity contribution in [2.75, 3.05) is 20.3 Å². The molecule has 4 rings (SSSR count). The van der Waals surface area contributed by atoms with Crippen LogP contribution in [0, 0.1) is 5.82 Å². The molecular weight excluding hydrogens is 466 g/mol. The number of hydrogen-bond acceptors (Lipinski definition) is 8. The third kappa shape index (κ3) is 5.65. The topological polar surface area (TPSA) is 105 Å². The summed E-state index contributed by atoms with van der Waals surface area (Å²) in [6.45, 7) is -0.260. The summed E-state index contributed by atoms with van der Waals surface area (Å²) in [7, 11) is 1.46. The Bertz CT molecular complexity index is 980. The van der Waals surface area contributed by atoms with Crippen molar-refractivity contribution in [2.24, 2.45) is 0 Å². The number of methoxy groups -OCH3 is 1. The predicted molar refractivity (Wildman–Crippen MR) is 105 cm³/mol. The maximum Gasteiger partial charge on any atom is 0.523 e. The standard InChI is InChI=1S/C21H23F4N3O6/c1-30-15-9-16(18-27-28-19(33-18)20(7-2-8-20)34-21(23,24)25)32-10-14(15)26-17(29)11-31-13-5-3-12(22)4-6-13/h3-6,14-16H,2,7-11H2,1H3,(H,26,29)/t14-,15?,16-/m0/s1. The van der Waals surface area contributed by atoms with Crippen LogP contribution in [-0.4, -0.2) is 54.9 Å². The van der Waals surface area contributed by atoms with E-state index >= 15 is 0 Å².